The van der Waals surface area contributed by atoms with Crippen LogP contribution in [0, 0.1) is 5.92 Å². The number of phenols is 1. The van der Waals surface area contributed by atoms with Gasteiger partial charge in [0.2, 0.25) is 10.0 Å². The largest absolute Gasteiger partial charge is 0.506 e. The lowest BCUT2D eigenvalue weighted by atomic mass is 9.81. The Morgan fingerprint density at radius 1 is 0.956 bits per heavy atom. The number of likely N-dealkylation sites (tertiary alicyclic amines) is 1. The van der Waals surface area contributed by atoms with E-state index in [0.717, 1.165) is 69.9 Å². The molecular formula is C35H45N3O6S. The number of rotatable bonds is 12. The first kappa shape index (κ1) is 32.8. The van der Waals surface area contributed by atoms with Gasteiger partial charge in [-0.1, -0.05) is 42.5 Å². The Balaban J connectivity index is 1.01. The lowest BCUT2D eigenvalue weighted by Crippen LogP contribution is -2.39. The minimum atomic E-state index is -3.55. The number of benzene rings is 3. The highest BCUT2D eigenvalue weighted by molar-refractivity contribution is 7.92. The second-order valence-corrected chi connectivity index (χ2v) is 14.3. The van der Waals surface area contributed by atoms with Crippen molar-refractivity contribution in [1.29, 1.82) is 0 Å². The van der Waals surface area contributed by atoms with E-state index in [0.29, 0.717) is 30.2 Å². The van der Waals surface area contributed by atoms with E-state index in [1.807, 2.05) is 17.0 Å². The molecule has 1 aliphatic carbocycles. The first-order valence-electron chi connectivity index (χ1n) is 15.9. The standard InChI is InChI=1S/C35H45N3O6S/c1-45(42,43)37-33-22-32(15-16-34(33)40)44-24-31(39)23-36-30-13-11-28(12-14-30)27-7-9-29(10-8-27)35(41)38-19-17-26(18-20-38)21-25-5-3-2-4-6-25/h2-10,15-16,22,26,28,30-31,36-37,39-40H,11-14,17-21,23-24H2,1H3/t28-,30-,31-/m0/s1. The highest BCUT2D eigenvalue weighted by Crippen LogP contribution is 2.33. The number of anilines is 1. The van der Waals surface area contributed by atoms with Crippen LogP contribution < -0.4 is 14.8 Å². The Bertz CT molecular complexity index is 1500. The van der Waals surface area contributed by atoms with Gasteiger partial charge >= 0.3 is 0 Å². The molecule has 0 aromatic heterocycles. The predicted octanol–water partition coefficient (Wildman–Crippen LogP) is 4.91. The van der Waals surface area contributed by atoms with Crippen LogP contribution in [0.2, 0.25) is 0 Å². The van der Waals surface area contributed by atoms with E-state index in [-0.39, 0.29) is 24.0 Å². The summed E-state index contributed by atoms with van der Waals surface area (Å²) in [5, 5.41) is 23.8. The summed E-state index contributed by atoms with van der Waals surface area (Å²) in [4.78, 5) is 15.2. The molecule has 10 heteroatoms. The molecule has 1 aliphatic heterocycles. The Morgan fingerprint density at radius 3 is 2.31 bits per heavy atom. The molecule has 1 amide bonds. The summed E-state index contributed by atoms with van der Waals surface area (Å²) < 4.78 is 30.8. The van der Waals surface area contributed by atoms with E-state index in [1.165, 1.54) is 29.3 Å². The van der Waals surface area contributed by atoms with E-state index in [1.54, 1.807) is 0 Å². The van der Waals surface area contributed by atoms with Gasteiger partial charge in [0.1, 0.15) is 24.2 Å². The maximum atomic E-state index is 13.2. The van der Waals surface area contributed by atoms with Gasteiger partial charge in [0.25, 0.3) is 5.91 Å². The Kier molecular flexibility index (Phi) is 11.0. The van der Waals surface area contributed by atoms with Gasteiger partial charge < -0.3 is 25.2 Å². The number of ether oxygens (including phenoxy) is 1. The lowest BCUT2D eigenvalue weighted by molar-refractivity contribution is 0.0690. The van der Waals surface area contributed by atoms with Gasteiger partial charge in [-0.15, -0.1) is 0 Å². The summed E-state index contributed by atoms with van der Waals surface area (Å²) in [6.45, 7) is 2.04. The molecule has 242 valence electrons. The number of aliphatic hydroxyl groups is 1. The zero-order valence-electron chi connectivity index (χ0n) is 25.9. The predicted molar refractivity (Wildman–Crippen MR) is 176 cm³/mol. The van der Waals surface area contributed by atoms with Crippen LogP contribution in [0.1, 0.15) is 65.9 Å². The number of carbonyl (C=O) groups is 1. The summed E-state index contributed by atoms with van der Waals surface area (Å²) in [5.41, 5.74) is 3.44. The van der Waals surface area contributed by atoms with Crippen molar-refractivity contribution in [2.75, 3.05) is 37.2 Å². The number of sulfonamides is 1. The third-order valence-corrected chi connectivity index (χ3v) is 9.56. The van der Waals surface area contributed by atoms with Gasteiger partial charge in [0, 0.05) is 37.3 Å². The van der Waals surface area contributed by atoms with Gasteiger partial charge in [-0.3, -0.25) is 9.52 Å². The van der Waals surface area contributed by atoms with Crippen molar-refractivity contribution in [3.8, 4) is 11.5 Å². The van der Waals surface area contributed by atoms with Crippen LogP contribution in [0.4, 0.5) is 5.69 Å². The maximum Gasteiger partial charge on any atom is 0.253 e. The Labute approximate surface area is 266 Å². The minimum absolute atomic E-state index is 0.0236. The molecule has 4 N–H and O–H groups in total. The van der Waals surface area contributed by atoms with Crippen LogP contribution >= 0.6 is 0 Å². The third kappa shape index (κ3) is 9.69. The Hall–Kier alpha value is -3.60. The van der Waals surface area contributed by atoms with Gasteiger partial charge in [0.15, 0.2) is 0 Å². The fourth-order valence-corrected chi connectivity index (χ4v) is 7.00. The van der Waals surface area contributed by atoms with E-state index in [2.05, 4.69) is 52.5 Å². The molecule has 5 rings (SSSR count). The third-order valence-electron chi connectivity index (χ3n) is 8.97. The number of hydrogen-bond acceptors (Lipinski definition) is 7. The van der Waals surface area contributed by atoms with Gasteiger partial charge in [-0.2, -0.15) is 0 Å². The molecule has 0 spiro atoms. The number of nitrogens with zero attached hydrogens (tertiary/aromatic N) is 1. The first-order chi connectivity index (χ1) is 21.6. The summed E-state index contributed by atoms with van der Waals surface area (Å²) in [6, 6.07) is 23.4. The summed E-state index contributed by atoms with van der Waals surface area (Å²) >= 11 is 0. The van der Waals surface area contributed by atoms with Crippen molar-refractivity contribution in [2.45, 2.75) is 63.0 Å². The summed E-state index contributed by atoms with van der Waals surface area (Å²) in [6.07, 6.45) is 7.49. The van der Waals surface area contributed by atoms with Crippen LogP contribution in [0.25, 0.3) is 0 Å². The highest BCUT2D eigenvalue weighted by Gasteiger charge is 2.26. The fourth-order valence-electron chi connectivity index (χ4n) is 6.44. The maximum absolute atomic E-state index is 13.2. The number of nitrogens with one attached hydrogen (secondary N) is 2. The molecule has 1 saturated heterocycles. The van der Waals surface area contributed by atoms with Crippen molar-refractivity contribution < 1.29 is 28.2 Å². The van der Waals surface area contributed by atoms with Crippen molar-refractivity contribution in [2.24, 2.45) is 5.92 Å². The monoisotopic (exact) mass is 635 g/mol. The second kappa shape index (κ2) is 15.1. The number of carbonyl (C=O) groups excluding carboxylic acids is 1. The van der Waals surface area contributed by atoms with Crippen LogP contribution in [-0.4, -0.2) is 74.1 Å². The van der Waals surface area contributed by atoms with Gasteiger partial charge in [-0.05, 0) is 92.2 Å². The SMILES string of the molecule is CS(=O)(=O)Nc1cc(OC[C@@H](O)CN[C@H]2CC[C@H](c3ccc(C(=O)N4CCC(Cc5ccccc5)CC4)cc3)CC2)ccc1O. The zero-order valence-corrected chi connectivity index (χ0v) is 26.7. The molecule has 2 aliphatic rings. The van der Waals surface area contributed by atoms with Crippen molar-refractivity contribution in [3.05, 3.63) is 89.5 Å². The molecule has 0 radical (unpaired) electrons. The number of piperidine rings is 1. The summed E-state index contributed by atoms with van der Waals surface area (Å²) in [7, 11) is -3.55. The average molecular weight is 636 g/mol. The quantitative estimate of drug-likeness (QED) is 0.208. The number of hydrogen-bond donors (Lipinski definition) is 4. The molecule has 3 aromatic carbocycles. The molecule has 1 atom stereocenters. The molecule has 45 heavy (non-hydrogen) atoms. The van der Waals surface area contributed by atoms with Gasteiger partial charge in [0.05, 0.1) is 11.9 Å². The molecule has 0 unspecified atom stereocenters. The van der Waals surface area contributed by atoms with Gasteiger partial charge in [-0.25, -0.2) is 8.42 Å². The molecule has 0 bridgehead atoms. The molecule has 2 fully saturated rings. The van der Waals surface area contributed by atoms with Crippen LogP contribution in [0.5, 0.6) is 11.5 Å². The highest BCUT2D eigenvalue weighted by atomic mass is 32.2. The molecule has 1 saturated carbocycles. The Morgan fingerprint density at radius 2 is 1.64 bits per heavy atom. The number of amides is 1. The summed E-state index contributed by atoms with van der Waals surface area (Å²) in [5.74, 6) is 1.35. The average Bonchev–Trinajstić information content (AvgIpc) is 3.04. The smallest absolute Gasteiger partial charge is 0.253 e. The number of aliphatic hydroxyl groups excluding tert-OH is 1. The number of aromatic hydroxyl groups is 1. The minimum Gasteiger partial charge on any atom is -0.506 e. The normalized spacial score (nSPS) is 20.0. The fraction of sp³-hybridized carbons (Fsp3) is 0.457. The molecule has 1 heterocycles. The van der Waals surface area contributed by atoms with E-state index >= 15 is 0 Å². The molecule has 3 aromatic rings. The van der Waals surface area contributed by atoms with Crippen LogP contribution in [-0.2, 0) is 16.4 Å². The van der Waals surface area contributed by atoms with E-state index in [9.17, 15) is 23.4 Å². The first-order valence-corrected chi connectivity index (χ1v) is 17.8. The molecule has 9 nitrogen and oxygen atoms in total. The second-order valence-electron chi connectivity index (χ2n) is 12.5. The topological polar surface area (TPSA) is 128 Å². The van der Waals surface area contributed by atoms with Crippen molar-refractivity contribution in [3.63, 3.8) is 0 Å². The zero-order chi connectivity index (χ0) is 31.8. The molecular weight excluding hydrogens is 590 g/mol. The van der Waals surface area contributed by atoms with E-state index < -0.39 is 16.1 Å². The van der Waals surface area contributed by atoms with Crippen LogP contribution in [0.3, 0.4) is 0 Å². The number of phenolic OH excluding ortho intramolecular Hbond substituents is 1. The van der Waals surface area contributed by atoms with E-state index in [4.69, 9.17) is 4.74 Å². The van der Waals surface area contributed by atoms with Crippen molar-refractivity contribution in [1.82, 2.24) is 10.2 Å². The van der Waals surface area contributed by atoms with Crippen molar-refractivity contribution >= 4 is 21.6 Å². The van der Waals surface area contributed by atoms with Crippen LogP contribution in [0.15, 0.2) is 72.8 Å². The lowest BCUT2D eigenvalue weighted by Gasteiger charge is -2.32.